The summed E-state index contributed by atoms with van der Waals surface area (Å²) in [5, 5.41) is 0. The van der Waals surface area contributed by atoms with Crippen molar-refractivity contribution in [3.05, 3.63) is 35.7 Å². The topological polar surface area (TPSA) is 43.8 Å². The first-order chi connectivity index (χ1) is 8.91. The summed E-state index contributed by atoms with van der Waals surface area (Å²) in [5.41, 5.74) is 7.49. The van der Waals surface area contributed by atoms with Crippen LogP contribution in [0.3, 0.4) is 0 Å². The fraction of sp³-hybridized carbons (Fsp3) is 0.357. The van der Waals surface area contributed by atoms with Gasteiger partial charge in [0.2, 0.25) is 0 Å². The maximum Gasteiger partial charge on any atom is 0.263 e. The van der Waals surface area contributed by atoms with Crippen LogP contribution in [0.4, 0.5) is 14.6 Å². The van der Waals surface area contributed by atoms with Gasteiger partial charge < -0.3 is 10.3 Å². The minimum absolute atomic E-state index is 0.00216. The van der Waals surface area contributed by atoms with Crippen LogP contribution in [0.2, 0.25) is 0 Å². The first-order valence-electron chi connectivity index (χ1n) is 6.14. The van der Waals surface area contributed by atoms with Crippen molar-refractivity contribution in [3.63, 3.8) is 0 Å². The molecule has 3 nitrogen and oxygen atoms in total. The van der Waals surface area contributed by atoms with Gasteiger partial charge in [-0.25, -0.2) is 13.8 Å². The van der Waals surface area contributed by atoms with Crippen molar-refractivity contribution in [2.45, 2.75) is 33.2 Å². The lowest BCUT2D eigenvalue weighted by Gasteiger charge is -2.11. The smallest absolute Gasteiger partial charge is 0.263 e. The Morgan fingerprint density at radius 2 is 1.74 bits per heavy atom. The zero-order valence-corrected chi connectivity index (χ0v) is 11.2. The van der Waals surface area contributed by atoms with Crippen molar-refractivity contribution >= 4 is 5.82 Å². The van der Waals surface area contributed by atoms with E-state index in [0.717, 1.165) is 11.4 Å². The lowest BCUT2D eigenvalue weighted by molar-refractivity contribution is 0.151. The SMILES string of the molecule is Cc1nc(-c2ccc(C(F)F)cc2)c(N)n1C(C)C. The van der Waals surface area contributed by atoms with Crippen LogP contribution in [0.15, 0.2) is 24.3 Å². The maximum atomic E-state index is 12.5. The summed E-state index contributed by atoms with van der Waals surface area (Å²) in [5.74, 6) is 1.39. The van der Waals surface area contributed by atoms with Crippen LogP contribution in [0.25, 0.3) is 11.3 Å². The molecule has 0 saturated carbocycles. The Labute approximate surface area is 111 Å². The molecule has 19 heavy (non-hydrogen) atoms. The minimum Gasteiger partial charge on any atom is -0.383 e. The first-order valence-corrected chi connectivity index (χ1v) is 6.14. The zero-order valence-electron chi connectivity index (χ0n) is 11.2. The van der Waals surface area contributed by atoms with Crippen LogP contribution >= 0.6 is 0 Å². The van der Waals surface area contributed by atoms with Gasteiger partial charge in [0.25, 0.3) is 6.43 Å². The monoisotopic (exact) mass is 265 g/mol. The summed E-state index contributed by atoms with van der Waals surface area (Å²) < 4.78 is 26.9. The molecular formula is C14H17F2N3. The predicted molar refractivity (Wildman–Crippen MR) is 72.2 cm³/mol. The molecule has 1 aromatic carbocycles. The van der Waals surface area contributed by atoms with Gasteiger partial charge >= 0.3 is 0 Å². The molecule has 0 spiro atoms. The first kappa shape index (κ1) is 13.5. The number of aryl methyl sites for hydroxylation is 1. The molecule has 1 aromatic heterocycles. The van der Waals surface area contributed by atoms with Crippen molar-refractivity contribution in [2.75, 3.05) is 5.73 Å². The van der Waals surface area contributed by atoms with E-state index in [9.17, 15) is 8.78 Å². The molecule has 0 saturated heterocycles. The Morgan fingerprint density at radius 1 is 1.16 bits per heavy atom. The van der Waals surface area contributed by atoms with Gasteiger partial charge in [-0.2, -0.15) is 0 Å². The molecule has 0 bridgehead atoms. The number of imidazole rings is 1. The Kier molecular flexibility index (Phi) is 3.55. The Balaban J connectivity index is 2.45. The number of aromatic nitrogens is 2. The quantitative estimate of drug-likeness (QED) is 0.912. The summed E-state index contributed by atoms with van der Waals surface area (Å²) in [6.07, 6.45) is -2.46. The van der Waals surface area contributed by atoms with Crippen molar-refractivity contribution in [3.8, 4) is 11.3 Å². The Bertz CT molecular complexity index is 571. The molecule has 0 aliphatic carbocycles. The van der Waals surface area contributed by atoms with Crippen LogP contribution in [-0.4, -0.2) is 9.55 Å². The van der Waals surface area contributed by atoms with E-state index in [0.29, 0.717) is 11.5 Å². The Morgan fingerprint density at radius 3 is 2.16 bits per heavy atom. The summed E-state index contributed by atoms with van der Waals surface area (Å²) in [6, 6.07) is 6.28. The fourth-order valence-corrected chi connectivity index (χ4v) is 2.21. The minimum atomic E-state index is -2.46. The van der Waals surface area contributed by atoms with Crippen molar-refractivity contribution in [1.29, 1.82) is 0 Å². The molecule has 102 valence electrons. The number of benzene rings is 1. The molecule has 0 amide bonds. The molecule has 0 fully saturated rings. The molecule has 0 atom stereocenters. The Hall–Kier alpha value is -1.91. The number of nitrogens with two attached hydrogens (primary N) is 1. The van der Waals surface area contributed by atoms with Gasteiger partial charge in [0.15, 0.2) is 0 Å². The number of alkyl halides is 2. The van der Waals surface area contributed by atoms with E-state index in [4.69, 9.17) is 5.73 Å². The lowest BCUT2D eigenvalue weighted by atomic mass is 10.1. The van der Waals surface area contributed by atoms with Crippen LogP contribution < -0.4 is 5.73 Å². The molecule has 2 rings (SSSR count). The van der Waals surface area contributed by atoms with E-state index in [1.165, 1.54) is 12.1 Å². The third kappa shape index (κ3) is 2.45. The number of hydrogen-bond donors (Lipinski definition) is 1. The number of nitrogen functional groups attached to an aromatic ring is 1. The third-order valence-electron chi connectivity index (χ3n) is 3.08. The second-order valence-corrected chi connectivity index (χ2v) is 4.78. The number of hydrogen-bond acceptors (Lipinski definition) is 2. The molecular weight excluding hydrogens is 248 g/mol. The van der Waals surface area contributed by atoms with Crippen molar-refractivity contribution in [1.82, 2.24) is 9.55 Å². The fourth-order valence-electron chi connectivity index (χ4n) is 2.21. The predicted octanol–water partition coefficient (Wildman–Crippen LogP) is 3.96. The number of rotatable bonds is 3. The molecule has 0 radical (unpaired) electrons. The van der Waals surface area contributed by atoms with Gasteiger partial charge in [-0.05, 0) is 20.8 Å². The van der Waals surface area contributed by atoms with Crippen molar-refractivity contribution < 1.29 is 8.78 Å². The summed E-state index contributed by atoms with van der Waals surface area (Å²) in [6.45, 7) is 5.93. The average molecular weight is 265 g/mol. The third-order valence-corrected chi connectivity index (χ3v) is 3.08. The van der Waals surface area contributed by atoms with Crippen LogP contribution in [0.5, 0.6) is 0 Å². The van der Waals surface area contributed by atoms with Gasteiger partial charge in [-0.3, -0.25) is 0 Å². The molecule has 0 aliphatic rings. The van der Waals surface area contributed by atoms with E-state index in [-0.39, 0.29) is 11.6 Å². The molecule has 2 aromatic rings. The summed E-state index contributed by atoms with van der Waals surface area (Å²) >= 11 is 0. The van der Waals surface area contributed by atoms with Gasteiger partial charge in [0.05, 0.1) is 0 Å². The number of anilines is 1. The summed E-state index contributed by atoms with van der Waals surface area (Å²) in [4.78, 5) is 4.43. The highest BCUT2D eigenvalue weighted by molar-refractivity contribution is 5.71. The van der Waals surface area contributed by atoms with Gasteiger partial charge in [0.1, 0.15) is 17.3 Å². The molecule has 5 heteroatoms. The van der Waals surface area contributed by atoms with E-state index >= 15 is 0 Å². The largest absolute Gasteiger partial charge is 0.383 e. The van der Waals surface area contributed by atoms with Crippen LogP contribution in [0, 0.1) is 6.92 Å². The second-order valence-electron chi connectivity index (χ2n) is 4.78. The molecule has 0 unspecified atom stereocenters. The lowest BCUT2D eigenvalue weighted by Crippen LogP contribution is -2.07. The number of halogens is 2. The second kappa shape index (κ2) is 4.99. The van der Waals surface area contributed by atoms with E-state index in [2.05, 4.69) is 4.98 Å². The van der Waals surface area contributed by atoms with Gasteiger partial charge in [-0.1, -0.05) is 24.3 Å². The van der Waals surface area contributed by atoms with Crippen LogP contribution in [0.1, 0.15) is 37.7 Å². The maximum absolute atomic E-state index is 12.5. The molecule has 2 N–H and O–H groups in total. The molecule has 1 heterocycles. The van der Waals surface area contributed by atoms with E-state index in [1.54, 1.807) is 12.1 Å². The summed E-state index contributed by atoms with van der Waals surface area (Å²) in [7, 11) is 0. The van der Waals surface area contributed by atoms with Crippen LogP contribution in [-0.2, 0) is 0 Å². The van der Waals surface area contributed by atoms with Gasteiger partial charge in [-0.15, -0.1) is 0 Å². The van der Waals surface area contributed by atoms with E-state index < -0.39 is 6.43 Å². The highest BCUT2D eigenvalue weighted by atomic mass is 19.3. The highest BCUT2D eigenvalue weighted by Gasteiger charge is 2.16. The van der Waals surface area contributed by atoms with Gasteiger partial charge in [0, 0.05) is 17.2 Å². The van der Waals surface area contributed by atoms with Crippen molar-refractivity contribution in [2.24, 2.45) is 0 Å². The zero-order chi connectivity index (χ0) is 14.2. The average Bonchev–Trinajstić information content (AvgIpc) is 2.65. The van der Waals surface area contributed by atoms with E-state index in [1.807, 2.05) is 25.3 Å². The molecule has 0 aliphatic heterocycles. The number of nitrogens with zero attached hydrogens (tertiary/aromatic N) is 2. The standard InChI is InChI=1S/C14H17F2N3/c1-8(2)19-9(3)18-12(14(19)17)10-4-6-11(7-5-10)13(15)16/h4-8,13H,17H2,1-3H3. The highest BCUT2D eigenvalue weighted by Crippen LogP contribution is 2.30. The normalized spacial score (nSPS) is 11.5.